The van der Waals surface area contributed by atoms with Crippen molar-refractivity contribution in [1.29, 1.82) is 0 Å². The lowest BCUT2D eigenvalue weighted by molar-refractivity contribution is -0.146. The van der Waals surface area contributed by atoms with Crippen LogP contribution in [0.4, 0.5) is 0 Å². The molecule has 5 atom stereocenters. The molecule has 4 heteroatoms. The minimum absolute atomic E-state index is 0.0228. The number of allylic oxidation sites excluding steroid dienone is 1. The van der Waals surface area contributed by atoms with Gasteiger partial charge in [-0.05, 0) is 49.5 Å². The van der Waals surface area contributed by atoms with E-state index in [0.29, 0.717) is 24.9 Å². The number of carbonyl (C=O) groups is 1. The third-order valence-electron chi connectivity index (χ3n) is 7.19. The van der Waals surface area contributed by atoms with Gasteiger partial charge in [-0.3, -0.25) is 4.79 Å². The van der Waals surface area contributed by atoms with E-state index in [1.165, 1.54) is 18.4 Å². The summed E-state index contributed by atoms with van der Waals surface area (Å²) >= 11 is 0. The quantitative estimate of drug-likeness (QED) is 0.627. The number of fused-ring (bicyclic) bond motifs is 2. The summed E-state index contributed by atoms with van der Waals surface area (Å²) in [6, 6.07) is 8.00. The van der Waals surface area contributed by atoms with Crippen molar-refractivity contribution in [1.82, 2.24) is 5.32 Å². The summed E-state index contributed by atoms with van der Waals surface area (Å²) in [7, 11) is 1.69. The van der Waals surface area contributed by atoms with Crippen molar-refractivity contribution in [2.24, 2.45) is 23.2 Å². The Balaban J connectivity index is 1.42. The fraction of sp³-hybridized carbons (Fsp3) is 0.609. The monoisotopic (exact) mass is 369 g/mol. The number of esters is 1. The van der Waals surface area contributed by atoms with Crippen molar-refractivity contribution in [3.8, 4) is 5.75 Å². The van der Waals surface area contributed by atoms with Crippen LogP contribution >= 0.6 is 0 Å². The van der Waals surface area contributed by atoms with Crippen LogP contribution in [0.3, 0.4) is 0 Å². The maximum absolute atomic E-state index is 12.6. The van der Waals surface area contributed by atoms with E-state index in [2.05, 4.69) is 24.9 Å². The second kappa shape index (κ2) is 7.31. The van der Waals surface area contributed by atoms with Gasteiger partial charge in [-0.25, -0.2) is 0 Å². The Bertz CT molecular complexity index is 730. The van der Waals surface area contributed by atoms with Crippen molar-refractivity contribution in [3.63, 3.8) is 0 Å². The van der Waals surface area contributed by atoms with Crippen LogP contribution in [0, 0.1) is 23.2 Å². The van der Waals surface area contributed by atoms with E-state index in [1.54, 1.807) is 7.11 Å². The molecule has 0 unspecified atom stereocenters. The molecule has 0 amide bonds. The van der Waals surface area contributed by atoms with Crippen LogP contribution in [0.2, 0.25) is 0 Å². The van der Waals surface area contributed by atoms with Gasteiger partial charge in [0.1, 0.15) is 11.9 Å². The minimum atomic E-state index is -0.0519. The molecule has 1 heterocycles. The van der Waals surface area contributed by atoms with Crippen molar-refractivity contribution in [3.05, 3.63) is 42.0 Å². The van der Waals surface area contributed by atoms with Gasteiger partial charge in [-0.1, -0.05) is 37.3 Å². The van der Waals surface area contributed by atoms with E-state index in [-0.39, 0.29) is 23.4 Å². The zero-order valence-electron chi connectivity index (χ0n) is 16.5. The number of benzene rings is 1. The third kappa shape index (κ3) is 3.40. The van der Waals surface area contributed by atoms with Crippen LogP contribution in [0.15, 0.2) is 36.4 Å². The zero-order valence-corrected chi connectivity index (χ0v) is 16.5. The van der Waals surface area contributed by atoms with E-state index in [9.17, 15) is 4.79 Å². The first kappa shape index (κ1) is 18.5. The number of hydrogen-bond acceptors (Lipinski definition) is 4. The molecule has 1 aromatic rings. The number of nitrogens with one attached hydrogen (secondary N) is 1. The first-order valence-corrected chi connectivity index (χ1v) is 10.2. The minimum Gasteiger partial charge on any atom is -0.496 e. The van der Waals surface area contributed by atoms with E-state index in [4.69, 9.17) is 9.47 Å². The smallest absolute Gasteiger partial charge is 0.310 e. The predicted octanol–water partition coefficient (Wildman–Crippen LogP) is 4.10. The normalized spacial score (nSPS) is 35.3. The molecule has 2 aliphatic carbocycles. The summed E-state index contributed by atoms with van der Waals surface area (Å²) < 4.78 is 11.3. The molecule has 1 N–H and O–H groups in total. The highest BCUT2D eigenvalue weighted by Crippen LogP contribution is 2.56. The molecule has 1 saturated heterocycles. The molecule has 0 radical (unpaired) electrons. The molecule has 146 valence electrons. The Kier molecular flexibility index (Phi) is 5.02. The predicted molar refractivity (Wildman–Crippen MR) is 105 cm³/mol. The molecule has 0 bridgehead atoms. The van der Waals surface area contributed by atoms with Gasteiger partial charge in [0, 0.05) is 24.6 Å². The van der Waals surface area contributed by atoms with E-state index < -0.39 is 0 Å². The first-order valence-electron chi connectivity index (χ1n) is 10.2. The van der Waals surface area contributed by atoms with Gasteiger partial charge in [0.05, 0.1) is 13.0 Å². The lowest BCUT2D eigenvalue weighted by Crippen LogP contribution is -2.45. The molecule has 3 aliphatic rings. The summed E-state index contributed by atoms with van der Waals surface area (Å²) in [5.41, 5.74) is 2.76. The SMILES string of the molecule is C=C1CCC[C@]2(C)C[C@H]3OC(=O)[C@H](CNCc4ccccc4OC)[C@H]3C[C@@H]12. The molecule has 2 saturated carbocycles. The molecular formula is C23H31NO3. The summed E-state index contributed by atoms with van der Waals surface area (Å²) in [6.07, 6.45) is 5.73. The fourth-order valence-corrected chi connectivity index (χ4v) is 5.70. The van der Waals surface area contributed by atoms with Crippen molar-refractivity contribution in [2.75, 3.05) is 13.7 Å². The fourth-order valence-electron chi connectivity index (χ4n) is 5.70. The van der Waals surface area contributed by atoms with Gasteiger partial charge in [-0.2, -0.15) is 0 Å². The first-order chi connectivity index (χ1) is 13.0. The summed E-state index contributed by atoms with van der Waals surface area (Å²) in [5, 5.41) is 3.47. The van der Waals surface area contributed by atoms with Gasteiger partial charge >= 0.3 is 5.97 Å². The van der Waals surface area contributed by atoms with Gasteiger partial charge < -0.3 is 14.8 Å². The Hall–Kier alpha value is -1.81. The van der Waals surface area contributed by atoms with E-state index >= 15 is 0 Å². The average Bonchev–Trinajstić information content (AvgIpc) is 2.94. The topological polar surface area (TPSA) is 47.6 Å². The molecule has 0 aromatic heterocycles. The van der Waals surface area contributed by atoms with E-state index in [0.717, 1.165) is 30.6 Å². The van der Waals surface area contributed by atoms with Crippen molar-refractivity contribution >= 4 is 5.97 Å². The molecule has 1 aliphatic heterocycles. The van der Waals surface area contributed by atoms with Crippen molar-refractivity contribution in [2.45, 2.75) is 51.7 Å². The largest absolute Gasteiger partial charge is 0.496 e. The molecule has 1 aromatic carbocycles. The van der Waals surface area contributed by atoms with Gasteiger partial charge in [0.2, 0.25) is 0 Å². The highest BCUT2D eigenvalue weighted by atomic mass is 16.6. The highest BCUT2D eigenvalue weighted by molar-refractivity contribution is 5.75. The summed E-state index contributed by atoms with van der Waals surface area (Å²) in [4.78, 5) is 12.6. The molecule has 3 fully saturated rings. The molecular weight excluding hydrogens is 338 g/mol. The Morgan fingerprint density at radius 1 is 1.37 bits per heavy atom. The van der Waals surface area contributed by atoms with Crippen LogP contribution in [0.25, 0.3) is 0 Å². The van der Waals surface area contributed by atoms with Crippen LogP contribution in [-0.4, -0.2) is 25.7 Å². The molecule has 27 heavy (non-hydrogen) atoms. The average molecular weight is 370 g/mol. The van der Waals surface area contributed by atoms with Crippen LogP contribution in [0.5, 0.6) is 5.75 Å². The van der Waals surface area contributed by atoms with Crippen LogP contribution in [-0.2, 0) is 16.1 Å². The second-order valence-corrected chi connectivity index (χ2v) is 8.85. The summed E-state index contributed by atoms with van der Waals surface area (Å²) in [6.45, 7) is 8.10. The molecule has 4 rings (SSSR count). The van der Waals surface area contributed by atoms with Gasteiger partial charge in [0.25, 0.3) is 0 Å². The van der Waals surface area contributed by atoms with Gasteiger partial charge in [-0.15, -0.1) is 0 Å². The summed E-state index contributed by atoms with van der Waals surface area (Å²) in [5.74, 6) is 1.66. The number of para-hydroxylation sites is 1. The third-order valence-corrected chi connectivity index (χ3v) is 7.19. The van der Waals surface area contributed by atoms with E-state index in [1.807, 2.05) is 18.2 Å². The van der Waals surface area contributed by atoms with Gasteiger partial charge in [0.15, 0.2) is 0 Å². The number of ether oxygens (including phenoxy) is 2. The number of methoxy groups -OCH3 is 1. The van der Waals surface area contributed by atoms with Crippen LogP contribution in [0.1, 0.15) is 44.6 Å². The van der Waals surface area contributed by atoms with Crippen LogP contribution < -0.4 is 10.1 Å². The Morgan fingerprint density at radius 3 is 3.00 bits per heavy atom. The zero-order chi connectivity index (χ0) is 19.0. The second-order valence-electron chi connectivity index (χ2n) is 8.85. The maximum Gasteiger partial charge on any atom is 0.310 e. The number of rotatable bonds is 5. The lowest BCUT2D eigenvalue weighted by Gasteiger charge is -2.50. The standard InChI is InChI=1S/C23H31NO3/c1-15-7-6-10-23(2)12-21-17(11-19(15)23)18(22(25)27-21)14-24-13-16-8-4-5-9-20(16)26-3/h4-5,8-9,17-19,21,24H,1,6-7,10-14H2,2-3H3/t17-,18-,19+,21-,23-/m1/s1. The highest BCUT2D eigenvalue weighted by Gasteiger charge is 2.54. The molecule has 4 nitrogen and oxygen atoms in total. The number of carbonyl (C=O) groups excluding carboxylic acids is 1. The Labute approximate surface area is 162 Å². The maximum atomic E-state index is 12.6. The lowest BCUT2D eigenvalue weighted by atomic mass is 9.55. The Morgan fingerprint density at radius 2 is 2.19 bits per heavy atom. The molecule has 0 spiro atoms. The number of hydrogen-bond donors (Lipinski definition) is 1. The van der Waals surface area contributed by atoms with Crippen molar-refractivity contribution < 1.29 is 14.3 Å².